The largest absolute Gasteiger partial charge is 0.347 e. The normalized spacial score (nSPS) is 16.4. The molecule has 1 saturated heterocycles. The van der Waals surface area contributed by atoms with E-state index in [9.17, 15) is 9.18 Å². The monoisotopic (exact) mass is 422 g/mol. The molecule has 0 N–H and O–H groups in total. The summed E-state index contributed by atoms with van der Waals surface area (Å²) in [5, 5.41) is 4.30. The lowest BCUT2D eigenvalue weighted by Crippen LogP contribution is -2.39. The first-order valence-electron chi connectivity index (χ1n) is 10.4. The quantitative estimate of drug-likeness (QED) is 0.645. The molecule has 1 aromatic carbocycles. The first kappa shape index (κ1) is 21.0. The van der Waals surface area contributed by atoms with Gasteiger partial charge in [-0.2, -0.15) is 5.10 Å². The van der Waals surface area contributed by atoms with Crippen molar-refractivity contribution in [2.75, 3.05) is 32.1 Å². The Morgan fingerprint density at radius 3 is 2.77 bits per heavy atom. The Bertz CT molecular complexity index is 1110. The molecule has 1 atom stereocenters. The van der Waals surface area contributed by atoms with Crippen LogP contribution >= 0.6 is 0 Å². The second kappa shape index (κ2) is 8.45. The Morgan fingerprint density at radius 1 is 1.29 bits per heavy atom. The summed E-state index contributed by atoms with van der Waals surface area (Å²) in [6, 6.07) is 6.49. The number of hydrogen-bond acceptors (Lipinski definition) is 5. The van der Waals surface area contributed by atoms with Crippen molar-refractivity contribution in [3.05, 3.63) is 59.4 Å². The minimum atomic E-state index is -0.298. The van der Waals surface area contributed by atoms with Crippen LogP contribution in [0.25, 0.3) is 11.1 Å². The molecule has 8 heteroatoms. The SMILES string of the molecule is Cc1nn(C)cc1C(=O)N1CCC[C@@H](c2nc(N(C)C)ncc2-c2cccc(F)c2)C1. The number of carbonyl (C=O) groups is 1. The van der Waals surface area contributed by atoms with Crippen LogP contribution in [0.1, 0.15) is 40.5 Å². The van der Waals surface area contributed by atoms with Crippen molar-refractivity contribution in [3.63, 3.8) is 0 Å². The first-order valence-corrected chi connectivity index (χ1v) is 10.4. The third kappa shape index (κ3) is 4.28. The van der Waals surface area contributed by atoms with Crippen molar-refractivity contribution in [1.82, 2.24) is 24.6 Å². The zero-order valence-corrected chi connectivity index (χ0v) is 18.3. The van der Waals surface area contributed by atoms with Crippen LogP contribution in [0.15, 0.2) is 36.7 Å². The Morgan fingerprint density at radius 2 is 2.10 bits per heavy atom. The van der Waals surface area contributed by atoms with Crippen molar-refractivity contribution in [1.29, 1.82) is 0 Å². The molecule has 0 spiro atoms. The van der Waals surface area contributed by atoms with Crippen LogP contribution in [0.2, 0.25) is 0 Å². The van der Waals surface area contributed by atoms with Crippen molar-refractivity contribution in [2.24, 2.45) is 7.05 Å². The van der Waals surface area contributed by atoms with E-state index in [0.717, 1.165) is 35.4 Å². The summed E-state index contributed by atoms with van der Waals surface area (Å²) in [7, 11) is 5.60. The Labute approximate surface area is 181 Å². The summed E-state index contributed by atoms with van der Waals surface area (Å²) in [5.74, 6) is 0.327. The van der Waals surface area contributed by atoms with Gasteiger partial charge in [0.1, 0.15) is 5.82 Å². The maximum absolute atomic E-state index is 13.9. The molecule has 3 aromatic rings. The number of carbonyl (C=O) groups excluding carboxylic acids is 1. The predicted octanol–water partition coefficient (Wildman–Crippen LogP) is 3.41. The maximum Gasteiger partial charge on any atom is 0.257 e. The molecule has 0 radical (unpaired) electrons. The second-order valence-electron chi connectivity index (χ2n) is 8.27. The van der Waals surface area contributed by atoms with Gasteiger partial charge in [0.25, 0.3) is 5.91 Å². The fourth-order valence-electron chi connectivity index (χ4n) is 4.16. The Hall–Kier alpha value is -3.29. The number of aryl methyl sites for hydroxylation is 2. The van der Waals surface area contributed by atoms with Crippen molar-refractivity contribution in [3.8, 4) is 11.1 Å². The highest BCUT2D eigenvalue weighted by Gasteiger charge is 2.30. The van der Waals surface area contributed by atoms with Gasteiger partial charge in [0.05, 0.1) is 17.0 Å². The van der Waals surface area contributed by atoms with Gasteiger partial charge < -0.3 is 9.80 Å². The fraction of sp³-hybridized carbons (Fsp3) is 0.391. The van der Waals surface area contributed by atoms with Gasteiger partial charge in [0, 0.05) is 58.1 Å². The molecule has 0 saturated carbocycles. The number of anilines is 1. The smallest absolute Gasteiger partial charge is 0.257 e. The van der Waals surface area contributed by atoms with E-state index in [2.05, 4.69) is 10.1 Å². The van der Waals surface area contributed by atoms with E-state index >= 15 is 0 Å². The number of aromatic nitrogens is 4. The van der Waals surface area contributed by atoms with E-state index in [1.165, 1.54) is 12.1 Å². The summed E-state index contributed by atoms with van der Waals surface area (Å²) in [6.07, 6.45) is 5.31. The Kier molecular flexibility index (Phi) is 5.71. The number of amides is 1. The van der Waals surface area contributed by atoms with Gasteiger partial charge in [-0.05, 0) is 37.5 Å². The average molecular weight is 423 g/mol. The third-order valence-corrected chi connectivity index (χ3v) is 5.68. The molecule has 4 rings (SSSR count). The number of likely N-dealkylation sites (tertiary alicyclic amines) is 1. The Balaban J connectivity index is 1.69. The highest BCUT2D eigenvalue weighted by molar-refractivity contribution is 5.95. The van der Waals surface area contributed by atoms with Gasteiger partial charge in [-0.3, -0.25) is 9.48 Å². The van der Waals surface area contributed by atoms with Gasteiger partial charge in [0.2, 0.25) is 5.95 Å². The number of piperidine rings is 1. The van der Waals surface area contributed by atoms with Crippen molar-refractivity contribution < 1.29 is 9.18 Å². The van der Waals surface area contributed by atoms with Crippen molar-refractivity contribution in [2.45, 2.75) is 25.7 Å². The summed E-state index contributed by atoms with van der Waals surface area (Å²) in [5.41, 5.74) is 3.76. The molecule has 1 fully saturated rings. The molecule has 31 heavy (non-hydrogen) atoms. The molecule has 7 nitrogen and oxygen atoms in total. The summed E-state index contributed by atoms with van der Waals surface area (Å²) >= 11 is 0. The van der Waals surface area contributed by atoms with Crippen LogP contribution in [0, 0.1) is 12.7 Å². The van der Waals surface area contributed by atoms with Crippen LogP contribution in [-0.4, -0.2) is 57.7 Å². The molecule has 162 valence electrons. The summed E-state index contributed by atoms with van der Waals surface area (Å²) in [4.78, 5) is 26.2. The predicted molar refractivity (Wildman–Crippen MR) is 118 cm³/mol. The fourth-order valence-corrected chi connectivity index (χ4v) is 4.16. The number of hydrogen-bond donors (Lipinski definition) is 0. The summed E-state index contributed by atoms with van der Waals surface area (Å²) in [6.45, 7) is 3.11. The van der Waals surface area contributed by atoms with Gasteiger partial charge >= 0.3 is 0 Å². The van der Waals surface area contributed by atoms with Crippen LogP contribution < -0.4 is 4.90 Å². The van der Waals surface area contributed by atoms with Gasteiger partial charge in [-0.25, -0.2) is 14.4 Å². The number of halogens is 1. The topological polar surface area (TPSA) is 67.2 Å². The van der Waals surface area contributed by atoms with E-state index in [0.29, 0.717) is 24.6 Å². The highest BCUT2D eigenvalue weighted by Crippen LogP contribution is 2.34. The zero-order valence-electron chi connectivity index (χ0n) is 18.3. The van der Waals surface area contributed by atoms with E-state index in [4.69, 9.17) is 4.98 Å². The molecule has 1 amide bonds. The van der Waals surface area contributed by atoms with Gasteiger partial charge in [-0.15, -0.1) is 0 Å². The summed E-state index contributed by atoms with van der Waals surface area (Å²) < 4.78 is 15.6. The van der Waals surface area contributed by atoms with Crippen molar-refractivity contribution >= 4 is 11.9 Å². The minimum Gasteiger partial charge on any atom is -0.347 e. The molecule has 1 aliphatic heterocycles. The van der Waals surface area contributed by atoms with Crippen LogP contribution in [-0.2, 0) is 7.05 Å². The standard InChI is InChI=1S/C23H27FN6O/c1-15-20(14-29(4)27-15)22(31)30-10-6-8-17(13-30)21-19(12-25-23(26-21)28(2)3)16-7-5-9-18(24)11-16/h5,7,9,11-12,14,17H,6,8,10,13H2,1-4H3/t17-/m1/s1. The van der Waals surface area contributed by atoms with E-state index in [1.807, 2.05) is 43.9 Å². The van der Waals surface area contributed by atoms with E-state index < -0.39 is 0 Å². The highest BCUT2D eigenvalue weighted by atomic mass is 19.1. The molecule has 2 aromatic heterocycles. The molecule has 3 heterocycles. The number of nitrogens with zero attached hydrogens (tertiary/aromatic N) is 6. The number of benzene rings is 1. The average Bonchev–Trinajstić information content (AvgIpc) is 3.10. The second-order valence-corrected chi connectivity index (χ2v) is 8.27. The zero-order chi connectivity index (χ0) is 22.1. The lowest BCUT2D eigenvalue weighted by molar-refractivity contribution is 0.0705. The van der Waals surface area contributed by atoms with Crippen LogP contribution in [0.3, 0.4) is 0 Å². The van der Waals surface area contributed by atoms with E-state index in [-0.39, 0.29) is 17.6 Å². The third-order valence-electron chi connectivity index (χ3n) is 5.68. The van der Waals surface area contributed by atoms with Crippen LogP contribution in [0.5, 0.6) is 0 Å². The lowest BCUT2D eigenvalue weighted by atomic mass is 9.89. The van der Waals surface area contributed by atoms with Gasteiger partial charge in [-0.1, -0.05) is 12.1 Å². The minimum absolute atomic E-state index is 0.00973. The van der Waals surface area contributed by atoms with Crippen LogP contribution in [0.4, 0.5) is 10.3 Å². The number of rotatable bonds is 4. The molecule has 1 aliphatic rings. The molecular formula is C23H27FN6O. The first-order chi connectivity index (χ1) is 14.8. The molecule has 0 bridgehead atoms. The molecule has 0 unspecified atom stereocenters. The van der Waals surface area contributed by atoms with Gasteiger partial charge in [0.15, 0.2) is 0 Å². The maximum atomic E-state index is 13.9. The lowest BCUT2D eigenvalue weighted by Gasteiger charge is -2.33. The molecule has 0 aliphatic carbocycles. The molecular weight excluding hydrogens is 395 g/mol. The van der Waals surface area contributed by atoms with E-state index in [1.54, 1.807) is 23.1 Å².